The summed E-state index contributed by atoms with van der Waals surface area (Å²) in [4.78, 5) is 19.7. The summed E-state index contributed by atoms with van der Waals surface area (Å²) < 4.78 is 0. The molecule has 0 radical (unpaired) electrons. The first-order valence-corrected chi connectivity index (χ1v) is 3.88. The molecule has 0 aromatic carbocycles. The van der Waals surface area contributed by atoms with E-state index < -0.39 is 22.1 Å². The first-order chi connectivity index (χ1) is 6.52. The summed E-state index contributed by atoms with van der Waals surface area (Å²) in [5, 5.41) is 32.0. The van der Waals surface area contributed by atoms with Crippen molar-refractivity contribution in [2.24, 2.45) is 0 Å². The van der Waals surface area contributed by atoms with Crippen molar-refractivity contribution in [2.45, 2.75) is 18.5 Å². The molecule has 0 spiro atoms. The minimum Gasteiger partial charge on any atom is -0.396 e. The maximum atomic E-state index is 10.7. The highest BCUT2D eigenvalue weighted by Gasteiger charge is 2.49. The fourth-order valence-electron chi connectivity index (χ4n) is 1.29. The Morgan fingerprint density at radius 3 is 2.57 bits per heavy atom. The van der Waals surface area contributed by atoms with Gasteiger partial charge in [-0.25, -0.2) is 0 Å². The first kappa shape index (κ1) is 10.4. The molecule has 1 unspecified atom stereocenters. The second kappa shape index (κ2) is 3.58. The molecule has 0 amide bonds. The van der Waals surface area contributed by atoms with Crippen molar-refractivity contribution in [1.29, 1.82) is 0 Å². The van der Waals surface area contributed by atoms with E-state index in [0.717, 1.165) is 6.20 Å². The van der Waals surface area contributed by atoms with Crippen molar-refractivity contribution in [1.82, 2.24) is 5.32 Å². The van der Waals surface area contributed by atoms with Gasteiger partial charge in [0.1, 0.15) is 6.42 Å². The Labute approximate surface area is 78.5 Å². The van der Waals surface area contributed by atoms with Crippen molar-refractivity contribution in [3.63, 3.8) is 0 Å². The quantitative estimate of drug-likeness (QED) is 0.467. The standard InChI is InChI=1S/C6H9N3O5/c10-2-1-6(9(13)14)3-5(4-7-6)8(11)12/h4,7,10H,1-3H2. The van der Waals surface area contributed by atoms with E-state index in [-0.39, 0.29) is 18.5 Å². The average Bonchev–Trinajstić information content (AvgIpc) is 2.50. The summed E-state index contributed by atoms with van der Waals surface area (Å²) in [5.74, 6) is 0. The van der Waals surface area contributed by atoms with E-state index in [4.69, 9.17) is 5.11 Å². The smallest absolute Gasteiger partial charge is 0.305 e. The SMILES string of the molecule is O=[N+]([O-])C1=CNC(CCO)([N+](=O)[O-])C1. The molecule has 0 aromatic rings. The van der Waals surface area contributed by atoms with Crippen LogP contribution in [-0.2, 0) is 0 Å². The number of hydrogen-bond acceptors (Lipinski definition) is 6. The van der Waals surface area contributed by atoms with Gasteiger partial charge in [0.2, 0.25) is 0 Å². The Morgan fingerprint density at radius 2 is 2.21 bits per heavy atom. The molecule has 78 valence electrons. The van der Waals surface area contributed by atoms with Gasteiger partial charge >= 0.3 is 5.66 Å². The van der Waals surface area contributed by atoms with E-state index in [2.05, 4.69) is 5.32 Å². The van der Waals surface area contributed by atoms with E-state index >= 15 is 0 Å². The molecule has 2 N–H and O–H groups in total. The van der Waals surface area contributed by atoms with Crippen LogP contribution in [0.4, 0.5) is 0 Å². The largest absolute Gasteiger partial charge is 0.396 e. The Morgan fingerprint density at radius 1 is 1.57 bits per heavy atom. The van der Waals surface area contributed by atoms with Crippen molar-refractivity contribution in [2.75, 3.05) is 6.61 Å². The fourth-order valence-corrected chi connectivity index (χ4v) is 1.29. The molecule has 0 bridgehead atoms. The summed E-state index contributed by atoms with van der Waals surface area (Å²) in [6.45, 7) is -0.396. The number of rotatable bonds is 4. The maximum Gasteiger partial charge on any atom is 0.305 e. The Balaban J connectivity index is 2.79. The molecule has 1 aliphatic heterocycles. The predicted molar refractivity (Wildman–Crippen MR) is 44.3 cm³/mol. The van der Waals surface area contributed by atoms with Gasteiger partial charge in [-0.3, -0.25) is 20.2 Å². The van der Waals surface area contributed by atoms with Crippen LogP contribution >= 0.6 is 0 Å². The minimum absolute atomic E-state index is 0.159. The molecule has 8 nitrogen and oxygen atoms in total. The van der Waals surface area contributed by atoms with Gasteiger partial charge in [0.05, 0.1) is 24.2 Å². The Bertz CT molecular complexity index is 302. The lowest BCUT2D eigenvalue weighted by atomic mass is 10.0. The van der Waals surface area contributed by atoms with Crippen LogP contribution in [0.15, 0.2) is 11.9 Å². The van der Waals surface area contributed by atoms with E-state index in [0.29, 0.717) is 0 Å². The molecule has 0 fully saturated rings. The normalized spacial score (nSPS) is 25.4. The first-order valence-electron chi connectivity index (χ1n) is 3.88. The van der Waals surface area contributed by atoms with Gasteiger partial charge in [0, 0.05) is 4.92 Å². The molecule has 0 saturated heterocycles. The van der Waals surface area contributed by atoms with Gasteiger partial charge < -0.3 is 10.4 Å². The predicted octanol–water partition coefficient (Wildman–Crippen LogP) is -0.547. The van der Waals surface area contributed by atoms with Crippen LogP contribution in [0.5, 0.6) is 0 Å². The number of aliphatic hydroxyl groups excluding tert-OH is 1. The zero-order chi connectivity index (χ0) is 10.8. The molecule has 0 saturated carbocycles. The molecular weight excluding hydrogens is 194 g/mol. The number of hydrogen-bond donors (Lipinski definition) is 2. The molecule has 1 aliphatic rings. The van der Waals surface area contributed by atoms with Gasteiger partial charge in [-0.15, -0.1) is 0 Å². The second-order valence-corrected chi connectivity index (χ2v) is 2.98. The molecule has 0 aliphatic carbocycles. The molecule has 8 heteroatoms. The third kappa shape index (κ3) is 1.64. The highest BCUT2D eigenvalue weighted by atomic mass is 16.6. The topological polar surface area (TPSA) is 119 Å². The summed E-state index contributed by atoms with van der Waals surface area (Å²) in [6.07, 6.45) is 0.542. The van der Waals surface area contributed by atoms with Crippen LogP contribution < -0.4 is 5.32 Å². The zero-order valence-corrected chi connectivity index (χ0v) is 7.17. The minimum atomic E-state index is -1.61. The van der Waals surface area contributed by atoms with E-state index in [9.17, 15) is 20.2 Å². The highest BCUT2D eigenvalue weighted by molar-refractivity contribution is 5.06. The Hall–Kier alpha value is -1.70. The molecule has 1 rings (SSSR count). The van der Waals surface area contributed by atoms with Crippen LogP contribution in [0.2, 0.25) is 0 Å². The maximum absolute atomic E-state index is 10.7. The van der Waals surface area contributed by atoms with Crippen LogP contribution in [0.25, 0.3) is 0 Å². The molecule has 14 heavy (non-hydrogen) atoms. The number of nitrogens with zero attached hydrogens (tertiary/aromatic N) is 2. The summed E-state index contributed by atoms with van der Waals surface area (Å²) in [7, 11) is 0. The van der Waals surface area contributed by atoms with E-state index in [1.54, 1.807) is 0 Å². The van der Waals surface area contributed by atoms with Crippen LogP contribution in [0.1, 0.15) is 12.8 Å². The summed E-state index contributed by atoms with van der Waals surface area (Å²) in [5.41, 5.74) is -1.85. The number of aliphatic hydroxyl groups is 1. The molecular formula is C6H9N3O5. The van der Waals surface area contributed by atoms with Gasteiger partial charge in [0.15, 0.2) is 0 Å². The molecule has 1 heterocycles. The van der Waals surface area contributed by atoms with E-state index in [1.165, 1.54) is 0 Å². The van der Waals surface area contributed by atoms with Crippen molar-refractivity contribution in [3.05, 3.63) is 32.1 Å². The fraction of sp³-hybridized carbons (Fsp3) is 0.667. The van der Waals surface area contributed by atoms with Crippen LogP contribution in [-0.4, -0.2) is 27.2 Å². The van der Waals surface area contributed by atoms with Gasteiger partial charge in [-0.05, 0) is 0 Å². The second-order valence-electron chi connectivity index (χ2n) is 2.98. The third-order valence-corrected chi connectivity index (χ3v) is 2.09. The van der Waals surface area contributed by atoms with Crippen LogP contribution in [0.3, 0.4) is 0 Å². The molecule has 0 aromatic heterocycles. The number of nitro groups is 2. The van der Waals surface area contributed by atoms with Gasteiger partial charge in [-0.1, -0.05) is 0 Å². The summed E-state index contributed by atoms with van der Waals surface area (Å²) >= 11 is 0. The van der Waals surface area contributed by atoms with Crippen LogP contribution in [0, 0.1) is 20.2 Å². The summed E-state index contributed by atoms with van der Waals surface area (Å²) in [6, 6.07) is 0. The van der Waals surface area contributed by atoms with Gasteiger partial charge in [-0.2, -0.15) is 0 Å². The van der Waals surface area contributed by atoms with Crippen molar-refractivity contribution >= 4 is 0 Å². The van der Waals surface area contributed by atoms with Crippen molar-refractivity contribution < 1.29 is 15.0 Å². The highest BCUT2D eigenvalue weighted by Crippen LogP contribution is 2.26. The molecule has 1 atom stereocenters. The lowest BCUT2D eigenvalue weighted by molar-refractivity contribution is -0.579. The van der Waals surface area contributed by atoms with Gasteiger partial charge in [0.25, 0.3) is 5.70 Å². The number of nitrogens with one attached hydrogen (secondary N) is 1. The third-order valence-electron chi connectivity index (χ3n) is 2.09. The van der Waals surface area contributed by atoms with Crippen molar-refractivity contribution in [3.8, 4) is 0 Å². The lowest BCUT2D eigenvalue weighted by Gasteiger charge is -2.18. The monoisotopic (exact) mass is 203 g/mol. The lowest BCUT2D eigenvalue weighted by Crippen LogP contribution is -2.47. The Kier molecular flexibility index (Phi) is 2.65. The van der Waals surface area contributed by atoms with E-state index in [1.807, 2.05) is 0 Å². The average molecular weight is 203 g/mol. The zero-order valence-electron chi connectivity index (χ0n) is 7.17.